The first kappa shape index (κ1) is 28.5. The number of hydrogen-bond donors (Lipinski definition) is 3. The Morgan fingerprint density at radius 1 is 0.974 bits per heavy atom. The largest absolute Gasteiger partial charge is 0.493 e. The van der Waals surface area contributed by atoms with Crippen LogP contribution in [0.2, 0.25) is 10.0 Å². The van der Waals surface area contributed by atoms with Gasteiger partial charge in [-0.1, -0.05) is 54.4 Å². The molecule has 0 saturated carbocycles. The second-order valence-corrected chi connectivity index (χ2v) is 8.81. The summed E-state index contributed by atoms with van der Waals surface area (Å²) in [5.74, 6) is -1.82. The Kier molecular flexibility index (Phi) is 10.1. The summed E-state index contributed by atoms with van der Waals surface area (Å²) in [6.07, 6.45) is 1.99. The van der Waals surface area contributed by atoms with Crippen LogP contribution in [0, 0.1) is 6.92 Å². The number of anilines is 2. The quantitative estimate of drug-likeness (QED) is 0.195. The summed E-state index contributed by atoms with van der Waals surface area (Å²) in [7, 11) is 1.41. The number of rotatable bonds is 9. The third-order valence-electron chi connectivity index (χ3n) is 5.29. The second kappa shape index (κ2) is 13.5. The normalized spacial score (nSPS) is 10.7. The molecule has 0 unspecified atom stereocenters. The fourth-order valence-electron chi connectivity index (χ4n) is 3.31. The van der Waals surface area contributed by atoms with Gasteiger partial charge in [0, 0.05) is 16.4 Å². The SMILES string of the molecule is CCc1ccccc1NC(=O)C(=O)N/N=C\c1cc(Cl)c(OCC(=O)Nc2ccc(C)c(Cl)c2)c(OC)c1. The van der Waals surface area contributed by atoms with E-state index in [1.54, 1.807) is 36.4 Å². The van der Waals surface area contributed by atoms with Crippen LogP contribution >= 0.6 is 23.2 Å². The van der Waals surface area contributed by atoms with Crippen molar-refractivity contribution in [1.82, 2.24) is 5.43 Å². The van der Waals surface area contributed by atoms with Gasteiger partial charge in [-0.15, -0.1) is 0 Å². The minimum absolute atomic E-state index is 0.150. The van der Waals surface area contributed by atoms with Crippen molar-refractivity contribution in [3.63, 3.8) is 0 Å². The van der Waals surface area contributed by atoms with Gasteiger partial charge in [0.25, 0.3) is 5.91 Å². The number of hydrazone groups is 1. The lowest BCUT2D eigenvalue weighted by molar-refractivity contribution is -0.136. The maximum absolute atomic E-state index is 12.3. The monoisotopic (exact) mass is 556 g/mol. The highest BCUT2D eigenvalue weighted by molar-refractivity contribution is 6.39. The molecule has 3 aromatic rings. The molecule has 3 aromatic carbocycles. The predicted molar refractivity (Wildman–Crippen MR) is 149 cm³/mol. The van der Waals surface area contributed by atoms with E-state index in [0.717, 1.165) is 11.1 Å². The van der Waals surface area contributed by atoms with Crippen molar-refractivity contribution >= 4 is 58.5 Å². The highest BCUT2D eigenvalue weighted by Crippen LogP contribution is 2.36. The van der Waals surface area contributed by atoms with E-state index in [0.29, 0.717) is 28.4 Å². The number of aryl methyl sites for hydroxylation is 2. The Balaban J connectivity index is 1.59. The zero-order chi connectivity index (χ0) is 27.7. The van der Waals surface area contributed by atoms with Gasteiger partial charge in [0.2, 0.25) is 0 Å². The van der Waals surface area contributed by atoms with Crippen LogP contribution in [-0.2, 0) is 20.8 Å². The summed E-state index contributed by atoms with van der Waals surface area (Å²) in [5.41, 5.74) is 5.51. The van der Waals surface area contributed by atoms with E-state index in [-0.39, 0.29) is 23.1 Å². The minimum Gasteiger partial charge on any atom is -0.493 e. The lowest BCUT2D eigenvalue weighted by Crippen LogP contribution is -2.32. The molecular formula is C27H26Cl2N4O5. The Morgan fingerprint density at radius 3 is 2.45 bits per heavy atom. The molecule has 0 fully saturated rings. The molecule has 38 heavy (non-hydrogen) atoms. The molecule has 3 rings (SSSR count). The molecular weight excluding hydrogens is 531 g/mol. The van der Waals surface area contributed by atoms with Crippen LogP contribution in [0.25, 0.3) is 0 Å². The molecule has 0 aliphatic heterocycles. The average Bonchev–Trinajstić information content (AvgIpc) is 2.90. The fraction of sp³-hybridized carbons (Fsp3) is 0.185. The molecule has 0 spiro atoms. The summed E-state index contributed by atoms with van der Waals surface area (Å²) in [4.78, 5) is 36.7. The summed E-state index contributed by atoms with van der Waals surface area (Å²) in [6, 6.07) is 15.4. The van der Waals surface area contributed by atoms with Gasteiger partial charge in [0.15, 0.2) is 18.1 Å². The minimum atomic E-state index is -0.939. The molecule has 0 saturated heterocycles. The molecule has 0 radical (unpaired) electrons. The highest BCUT2D eigenvalue weighted by Gasteiger charge is 2.16. The summed E-state index contributed by atoms with van der Waals surface area (Å²) >= 11 is 12.4. The second-order valence-electron chi connectivity index (χ2n) is 8.00. The van der Waals surface area contributed by atoms with E-state index >= 15 is 0 Å². The van der Waals surface area contributed by atoms with Crippen LogP contribution in [0.3, 0.4) is 0 Å². The number of nitrogens with one attached hydrogen (secondary N) is 3. The Labute approximate surface area is 230 Å². The predicted octanol–water partition coefficient (Wildman–Crippen LogP) is 4.98. The topological polar surface area (TPSA) is 118 Å². The Morgan fingerprint density at radius 2 is 1.74 bits per heavy atom. The summed E-state index contributed by atoms with van der Waals surface area (Å²) in [5, 5.41) is 9.75. The zero-order valence-corrected chi connectivity index (χ0v) is 22.4. The molecule has 3 amide bonds. The van der Waals surface area contributed by atoms with E-state index in [4.69, 9.17) is 32.7 Å². The summed E-state index contributed by atoms with van der Waals surface area (Å²) in [6.45, 7) is 3.47. The van der Waals surface area contributed by atoms with Gasteiger partial charge in [-0.25, -0.2) is 5.43 Å². The van der Waals surface area contributed by atoms with Gasteiger partial charge >= 0.3 is 11.8 Å². The van der Waals surface area contributed by atoms with Crippen molar-refractivity contribution in [2.75, 3.05) is 24.4 Å². The molecule has 0 atom stereocenters. The molecule has 0 aliphatic rings. The molecule has 0 aromatic heterocycles. The van der Waals surface area contributed by atoms with Crippen LogP contribution in [-0.4, -0.2) is 37.7 Å². The Bertz CT molecular complexity index is 1380. The van der Waals surface area contributed by atoms with E-state index in [2.05, 4.69) is 21.2 Å². The van der Waals surface area contributed by atoms with Crippen LogP contribution in [0.1, 0.15) is 23.6 Å². The lowest BCUT2D eigenvalue weighted by Gasteiger charge is -2.13. The van der Waals surface area contributed by atoms with Gasteiger partial charge in [-0.3, -0.25) is 14.4 Å². The summed E-state index contributed by atoms with van der Waals surface area (Å²) < 4.78 is 10.9. The number of methoxy groups -OCH3 is 1. The smallest absolute Gasteiger partial charge is 0.329 e. The first-order chi connectivity index (χ1) is 18.2. The van der Waals surface area contributed by atoms with Crippen molar-refractivity contribution in [2.24, 2.45) is 5.10 Å². The molecule has 9 nitrogen and oxygen atoms in total. The molecule has 0 aliphatic carbocycles. The number of amides is 3. The molecule has 3 N–H and O–H groups in total. The van der Waals surface area contributed by atoms with Crippen molar-refractivity contribution in [1.29, 1.82) is 0 Å². The van der Waals surface area contributed by atoms with Gasteiger partial charge in [-0.2, -0.15) is 5.10 Å². The average molecular weight is 557 g/mol. The highest BCUT2D eigenvalue weighted by atomic mass is 35.5. The fourth-order valence-corrected chi connectivity index (χ4v) is 3.76. The third kappa shape index (κ3) is 7.71. The zero-order valence-electron chi connectivity index (χ0n) is 20.9. The Hall–Kier alpha value is -4.08. The van der Waals surface area contributed by atoms with E-state index in [1.165, 1.54) is 19.4 Å². The first-order valence-electron chi connectivity index (χ1n) is 11.5. The van der Waals surface area contributed by atoms with Crippen molar-refractivity contribution in [3.8, 4) is 11.5 Å². The standard InChI is InChI=1S/C27H26Cl2N4O5/c1-4-18-7-5-6-8-22(18)32-26(35)27(36)33-30-14-17-11-21(29)25(23(12-17)37-3)38-15-24(34)31-19-10-9-16(2)20(28)13-19/h5-14H,4,15H2,1-3H3,(H,31,34)(H,32,35)(H,33,36)/b30-14-. The van der Waals surface area contributed by atoms with Crippen molar-refractivity contribution in [2.45, 2.75) is 20.3 Å². The number of carbonyl (C=O) groups excluding carboxylic acids is 3. The van der Waals surface area contributed by atoms with Gasteiger partial charge in [-0.05, 0) is 60.4 Å². The van der Waals surface area contributed by atoms with E-state index in [9.17, 15) is 14.4 Å². The van der Waals surface area contributed by atoms with Crippen LogP contribution in [0.15, 0.2) is 59.7 Å². The van der Waals surface area contributed by atoms with Gasteiger partial charge < -0.3 is 20.1 Å². The number of hydrogen-bond acceptors (Lipinski definition) is 6. The maximum Gasteiger partial charge on any atom is 0.329 e. The van der Waals surface area contributed by atoms with Crippen LogP contribution < -0.4 is 25.5 Å². The van der Waals surface area contributed by atoms with Crippen LogP contribution in [0.5, 0.6) is 11.5 Å². The number of nitrogens with zero attached hydrogens (tertiary/aromatic N) is 1. The van der Waals surface area contributed by atoms with Crippen molar-refractivity contribution < 1.29 is 23.9 Å². The first-order valence-corrected chi connectivity index (χ1v) is 12.3. The van der Waals surface area contributed by atoms with Crippen molar-refractivity contribution in [3.05, 3.63) is 81.3 Å². The molecule has 11 heteroatoms. The van der Waals surface area contributed by atoms with Gasteiger partial charge in [0.1, 0.15) is 0 Å². The number of halogens is 2. The van der Waals surface area contributed by atoms with Gasteiger partial charge in [0.05, 0.1) is 18.3 Å². The van der Waals surface area contributed by atoms with Crippen LogP contribution in [0.4, 0.5) is 11.4 Å². The number of para-hydroxylation sites is 1. The number of benzene rings is 3. The third-order valence-corrected chi connectivity index (χ3v) is 5.98. The van der Waals surface area contributed by atoms with E-state index in [1.807, 2.05) is 26.0 Å². The number of carbonyl (C=O) groups is 3. The molecule has 198 valence electrons. The van der Waals surface area contributed by atoms with E-state index < -0.39 is 17.7 Å². The maximum atomic E-state index is 12.3. The number of ether oxygens (including phenoxy) is 2. The molecule has 0 heterocycles. The lowest BCUT2D eigenvalue weighted by atomic mass is 10.1. The molecule has 0 bridgehead atoms.